The van der Waals surface area contributed by atoms with Crippen molar-refractivity contribution >= 4 is 0 Å². The standard InChI is InChI=1S/C9H14N2/c1-6-5-8-3-4-10-9(8)7(2)11-6/h3-4,6-7,10-11H,5H2,1-2H3. The first-order valence-electron chi connectivity index (χ1n) is 4.19. The van der Waals surface area contributed by atoms with Crippen molar-refractivity contribution in [1.82, 2.24) is 10.3 Å². The van der Waals surface area contributed by atoms with Crippen LogP contribution in [-0.2, 0) is 6.42 Å². The van der Waals surface area contributed by atoms with Crippen LogP contribution in [0.15, 0.2) is 12.3 Å². The van der Waals surface area contributed by atoms with E-state index >= 15 is 0 Å². The van der Waals surface area contributed by atoms with Crippen molar-refractivity contribution in [3.05, 3.63) is 23.5 Å². The van der Waals surface area contributed by atoms with Crippen molar-refractivity contribution in [3.8, 4) is 0 Å². The first-order chi connectivity index (χ1) is 5.27. The third-order valence-corrected chi connectivity index (χ3v) is 2.36. The summed E-state index contributed by atoms with van der Waals surface area (Å²) >= 11 is 0. The summed E-state index contributed by atoms with van der Waals surface area (Å²) in [4.78, 5) is 3.27. The molecule has 0 amide bonds. The van der Waals surface area contributed by atoms with E-state index in [1.165, 1.54) is 11.3 Å². The average molecular weight is 150 g/mol. The lowest BCUT2D eigenvalue weighted by atomic mass is 9.98. The molecule has 1 aliphatic rings. The molecular weight excluding hydrogens is 136 g/mol. The molecule has 2 heterocycles. The van der Waals surface area contributed by atoms with Crippen LogP contribution in [-0.4, -0.2) is 11.0 Å². The zero-order valence-electron chi connectivity index (χ0n) is 7.02. The smallest absolute Gasteiger partial charge is 0.0449 e. The number of aromatic nitrogens is 1. The van der Waals surface area contributed by atoms with Crippen molar-refractivity contribution in [1.29, 1.82) is 0 Å². The van der Waals surface area contributed by atoms with E-state index in [1.807, 2.05) is 6.20 Å². The molecule has 2 N–H and O–H groups in total. The molecule has 2 nitrogen and oxygen atoms in total. The van der Waals surface area contributed by atoms with Crippen molar-refractivity contribution in [2.75, 3.05) is 0 Å². The molecular formula is C9H14N2. The van der Waals surface area contributed by atoms with Crippen LogP contribution in [0.4, 0.5) is 0 Å². The zero-order chi connectivity index (χ0) is 7.84. The number of nitrogens with one attached hydrogen (secondary N) is 2. The van der Waals surface area contributed by atoms with E-state index in [4.69, 9.17) is 0 Å². The number of rotatable bonds is 0. The summed E-state index contributed by atoms with van der Waals surface area (Å²) in [5, 5.41) is 3.49. The Kier molecular flexibility index (Phi) is 1.50. The van der Waals surface area contributed by atoms with E-state index in [0.717, 1.165) is 6.42 Å². The average Bonchev–Trinajstić information content (AvgIpc) is 2.34. The van der Waals surface area contributed by atoms with E-state index < -0.39 is 0 Å². The molecule has 1 aromatic rings. The Bertz CT molecular complexity index is 252. The Morgan fingerprint density at radius 2 is 2.27 bits per heavy atom. The summed E-state index contributed by atoms with van der Waals surface area (Å²) in [6, 6.07) is 3.29. The number of aromatic amines is 1. The van der Waals surface area contributed by atoms with Crippen molar-refractivity contribution in [3.63, 3.8) is 0 Å². The Labute approximate surface area is 67.0 Å². The van der Waals surface area contributed by atoms with Gasteiger partial charge in [0.2, 0.25) is 0 Å². The van der Waals surface area contributed by atoms with Crippen LogP contribution < -0.4 is 5.32 Å². The number of hydrogen-bond acceptors (Lipinski definition) is 1. The SMILES string of the molecule is CC1Cc2cc[nH]c2C(C)N1. The fourth-order valence-corrected chi connectivity index (χ4v) is 1.89. The maximum Gasteiger partial charge on any atom is 0.0449 e. The fourth-order valence-electron chi connectivity index (χ4n) is 1.89. The number of hydrogen-bond donors (Lipinski definition) is 2. The van der Waals surface area contributed by atoms with Crippen LogP contribution in [0, 0.1) is 0 Å². The molecule has 0 radical (unpaired) electrons. The van der Waals surface area contributed by atoms with Gasteiger partial charge in [-0.05, 0) is 31.9 Å². The Balaban J connectivity index is 2.36. The van der Waals surface area contributed by atoms with Crippen LogP contribution in [0.5, 0.6) is 0 Å². The molecule has 0 saturated carbocycles. The number of fused-ring (bicyclic) bond motifs is 1. The lowest BCUT2D eigenvalue weighted by Gasteiger charge is -2.26. The molecule has 0 fully saturated rings. The van der Waals surface area contributed by atoms with E-state index in [0.29, 0.717) is 12.1 Å². The van der Waals surface area contributed by atoms with Gasteiger partial charge in [0.05, 0.1) is 0 Å². The van der Waals surface area contributed by atoms with Gasteiger partial charge in [0.1, 0.15) is 0 Å². The van der Waals surface area contributed by atoms with Gasteiger partial charge in [0, 0.05) is 24.0 Å². The normalized spacial score (nSPS) is 30.0. The molecule has 2 rings (SSSR count). The van der Waals surface area contributed by atoms with Gasteiger partial charge in [-0.1, -0.05) is 0 Å². The van der Waals surface area contributed by atoms with Crippen molar-refractivity contribution in [2.45, 2.75) is 32.4 Å². The minimum atomic E-state index is 0.490. The van der Waals surface area contributed by atoms with Crippen molar-refractivity contribution < 1.29 is 0 Å². The monoisotopic (exact) mass is 150 g/mol. The minimum absolute atomic E-state index is 0.490. The summed E-state index contributed by atoms with van der Waals surface area (Å²) in [7, 11) is 0. The van der Waals surface area contributed by atoms with E-state index in [2.05, 4.69) is 30.2 Å². The van der Waals surface area contributed by atoms with Gasteiger partial charge in [-0.3, -0.25) is 0 Å². The van der Waals surface area contributed by atoms with E-state index in [9.17, 15) is 0 Å². The fraction of sp³-hybridized carbons (Fsp3) is 0.556. The summed E-state index contributed by atoms with van der Waals surface area (Å²) in [6.07, 6.45) is 3.18. The van der Waals surface area contributed by atoms with Gasteiger partial charge in [0.25, 0.3) is 0 Å². The van der Waals surface area contributed by atoms with Gasteiger partial charge >= 0.3 is 0 Å². The maximum atomic E-state index is 3.49. The lowest BCUT2D eigenvalue weighted by Crippen LogP contribution is -2.35. The molecule has 1 aliphatic heterocycles. The number of H-pyrrole nitrogens is 1. The predicted molar refractivity (Wildman–Crippen MR) is 45.5 cm³/mol. The molecule has 11 heavy (non-hydrogen) atoms. The molecule has 0 spiro atoms. The Hall–Kier alpha value is -0.760. The lowest BCUT2D eigenvalue weighted by molar-refractivity contribution is 0.440. The predicted octanol–water partition coefficient (Wildman–Crippen LogP) is 1.61. The highest BCUT2D eigenvalue weighted by Gasteiger charge is 2.20. The first kappa shape index (κ1) is 6.92. The second-order valence-corrected chi connectivity index (χ2v) is 3.41. The summed E-state index contributed by atoms with van der Waals surface area (Å²) in [6.45, 7) is 4.43. The van der Waals surface area contributed by atoms with Crippen molar-refractivity contribution in [2.24, 2.45) is 0 Å². The van der Waals surface area contributed by atoms with Gasteiger partial charge < -0.3 is 10.3 Å². The highest BCUT2D eigenvalue weighted by molar-refractivity contribution is 5.26. The summed E-state index contributed by atoms with van der Waals surface area (Å²) < 4.78 is 0. The molecule has 2 unspecified atom stereocenters. The Morgan fingerprint density at radius 1 is 1.45 bits per heavy atom. The molecule has 1 aromatic heterocycles. The summed E-state index contributed by atoms with van der Waals surface area (Å²) in [5.74, 6) is 0. The molecule has 2 atom stereocenters. The third-order valence-electron chi connectivity index (χ3n) is 2.36. The molecule has 0 bridgehead atoms. The molecule has 0 aliphatic carbocycles. The quantitative estimate of drug-likeness (QED) is 0.577. The topological polar surface area (TPSA) is 27.8 Å². The van der Waals surface area contributed by atoms with E-state index in [1.54, 1.807) is 0 Å². The van der Waals surface area contributed by atoms with Crippen LogP contribution in [0.1, 0.15) is 31.1 Å². The maximum absolute atomic E-state index is 3.49. The van der Waals surface area contributed by atoms with Gasteiger partial charge in [-0.15, -0.1) is 0 Å². The Morgan fingerprint density at radius 3 is 3.09 bits per heavy atom. The minimum Gasteiger partial charge on any atom is -0.363 e. The summed E-state index contributed by atoms with van der Waals surface area (Å²) in [5.41, 5.74) is 2.84. The first-order valence-corrected chi connectivity index (χ1v) is 4.19. The zero-order valence-corrected chi connectivity index (χ0v) is 7.02. The highest BCUT2D eigenvalue weighted by Crippen LogP contribution is 2.22. The molecule has 0 saturated heterocycles. The second-order valence-electron chi connectivity index (χ2n) is 3.41. The van der Waals surface area contributed by atoms with Crippen LogP contribution in [0.2, 0.25) is 0 Å². The highest BCUT2D eigenvalue weighted by atomic mass is 15.0. The molecule has 60 valence electrons. The van der Waals surface area contributed by atoms with Gasteiger partial charge in [-0.2, -0.15) is 0 Å². The second kappa shape index (κ2) is 2.38. The largest absolute Gasteiger partial charge is 0.363 e. The van der Waals surface area contributed by atoms with Crippen LogP contribution in [0.3, 0.4) is 0 Å². The van der Waals surface area contributed by atoms with Gasteiger partial charge in [-0.25, -0.2) is 0 Å². The van der Waals surface area contributed by atoms with Crippen LogP contribution >= 0.6 is 0 Å². The van der Waals surface area contributed by atoms with Crippen LogP contribution in [0.25, 0.3) is 0 Å². The molecule has 0 aromatic carbocycles. The molecule has 2 heteroatoms. The third kappa shape index (κ3) is 1.07. The van der Waals surface area contributed by atoms with E-state index in [-0.39, 0.29) is 0 Å². The van der Waals surface area contributed by atoms with Gasteiger partial charge in [0.15, 0.2) is 0 Å².